The number of hydrogen-bond acceptors (Lipinski definition) is 5. The summed E-state index contributed by atoms with van der Waals surface area (Å²) >= 11 is 0. The number of nitrogens with zero attached hydrogens (tertiary/aromatic N) is 2. The van der Waals surface area contributed by atoms with Gasteiger partial charge >= 0.3 is 5.51 Å². The van der Waals surface area contributed by atoms with Gasteiger partial charge in [-0.15, -0.1) is 0 Å². The van der Waals surface area contributed by atoms with Crippen LogP contribution in [0.25, 0.3) is 11.4 Å². The molecule has 0 saturated heterocycles. The number of rotatable bonds is 2. The van der Waals surface area contributed by atoms with Crippen molar-refractivity contribution in [3.05, 3.63) is 30.7 Å². The Labute approximate surface area is 99.2 Å². The monoisotopic (exact) mass is 278 g/mol. The van der Waals surface area contributed by atoms with Crippen LogP contribution in [-0.2, 0) is 9.84 Å². The Bertz CT molecular complexity index is 633. The number of alkyl halides is 3. The summed E-state index contributed by atoms with van der Waals surface area (Å²) in [6.45, 7) is 0. The van der Waals surface area contributed by atoms with Crippen LogP contribution < -0.4 is 0 Å². The van der Waals surface area contributed by atoms with E-state index in [2.05, 4.69) is 14.7 Å². The van der Waals surface area contributed by atoms with Gasteiger partial charge < -0.3 is 4.52 Å². The average molecular weight is 278 g/mol. The lowest BCUT2D eigenvalue weighted by atomic mass is 10.2. The SMILES string of the molecule is O=S(=O)(c1ccc(-c2ncon2)cc1)C(F)(F)F. The Morgan fingerprint density at radius 1 is 1.11 bits per heavy atom. The average Bonchev–Trinajstić information content (AvgIpc) is 2.81. The second-order valence-corrected chi connectivity index (χ2v) is 5.17. The molecule has 2 rings (SSSR count). The Morgan fingerprint density at radius 2 is 1.72 bits per heavy atom. The molecule has 96 valence electrons. The van der Waals surface area contributed by atoms with Gasteiger partial charge in [0.2, 0.25) is 12.2 Å². The first kappa shape index (κ1) is 12.6. The van der Waals surface area contributed by atoms with Gasteiger partial charge in [-0.05, 0) is 24.3 Å². The predicted octanol–water partition coefficient (Wildman–Crippen LogP) is 2.03. The third-order valence-corrected chi connectivity index (χ3v) is 3.59. The topological polar surface area (TPSA) is 73.1 Å². The highest BCUT2D eigenvalue weighted by Gasteiger charge is 2.46. The van der Waals surface area contributed by atoms with Crippen LogP contribution in [0.4, 0.5) is 13.2 Å². The first-order chi connectivity index (χ1) is 8.32. The molecule has 0 aliphatic carbocycles. The lowest BCUT2D eigenvalue weighted by Gasteiger charge is -2.07. The fourth-order valence-electron chi connectivity index (χ4n) is 1.21. The summed E-state index contributed by atoms with van der Waals surface area (Å²) in [5, 5.41) is 3.47. The van der Waals surface area contributed by atoms with Crippen LogP contribution in [0, 0.1) is 0 Å². The normalized spacial score (nSPS) is 12.6. The zero-order valence-corrected chi connectivity index (χ0v) is 9.36. The molecule has 0 spiro atoms. The molecule has 5 nitrogen and oxygen atoms in total. The molecule has 0 fully saturated rings. The van der Waals surface area contributed by atoms with Crippen LogP contribution >= 0.6 is 0 Å². The van der Waals surface area contributed by atoms with Gasteiger partial charge in [-0.25, -0.2) is 8.42 Å². The predicted molar refractivity (Wildman–Crippen MR) is 53.0 cm³/mol. The molecule has 0 unspecified atom stereocenters. The third-order valence-electron chi connectivity index (χ3n) is 2.09. The first-order valence-corrected chi connectivity index (χ1v) is 5.99. The van der Waals surface area contributed by atoms with E-state index in [0.717, 1.165) is 18.5 Å². The van der Waals surface area contributed by atoms with Crippen LogP contribution in [-0.4, -0.2) is 24.1 Å². The molecule has 18 heavy (non-hydrogen) atoms. The Morgan fingerprint density at radius 3 is 2.17 bits per heavy atom. The molecular formula is C9H5F3N2O3S. The van der Waals surface area contributed by atoms with Gasteiger partial charge in [0.25, 0.3) is 9.84 Å². The van der Waals surface area contributed by atoms with E-state index >= 15 is 0 Å². The summed E-state index contributed by atoms with van der Waals surface area (Å²) < 4.78 is 63.4. The van der Waals surface area contributed by atoms with Crippen molar-refractivity contribution in [2.24, 2.45) is 0 Å². The van der Waals surface area contributed by atoms with E-state index in [1.807, 2.05) is 0 Å². The van der Waals surface area contributed by atoms with Gasteiger partial charge in [0.1, 0.15) is 0 Å². The van der Waals surface area contributed by atoms with Crippen LogP contribution in [0.2, 0.25) is 0 Å². The minimum atomic E-state index is -5.33. The molecular weight excluding hydrogens is 273 g/mol. The second-order valence-electron chi connectivity index (χ2n) is 3.23. The zero-order chi connectivity index (χ0) is 13.4. The molecule has 2 aromatic rings. The third kappa shape index (κ3) is 2.08. The van der Waals surface area contributed by atoms with Crippen molar-refractivity contribution in [3.63, 3.8) is 0 Å². The molecule has 9 heteroatoms. The largest absolute Gasteiger partial charge is 0.501 e. The highest BCUT2D eigenvalue weighted by molar-refractivity contribution is 7.92. The second kappa shape index (κ2) is 4.09. The zero-order valence-electron chi connectivity index (χ0n) is 8.55. The number of benzene rings is 1. The van der Waals surface area contributed by atoms with Crippen molar-refractivity contribution in [1.82, 2.24) is 10.1 Å². The summed E-state index contributed by atoms with van der Waals surface area (Å²) in [7, 11) is -5.33. The van der Waals surface area contributed by atoms with E-state index in [0.29, 0.717) is 5.56 Å². The quantitative estimate of drug-likeness (QED) is 0.840. The fraction of sp³-hybridized carbons (Fsp3) is 0.111. The van der Waals surface area contributed by atoms with Crippen LogP contribution in [0.3, 0.4) is 0 Å². The van der Waals surface area contributed by atoms with Crippen molar-refractivity contribution < 1.29 is 26.1 Å². The molecule has 1 aromatic heterocycles. The van der Waals surface area contributed by atoms with Crippen LogP contribution in [0.1, 0.15) is 0 Å². The van der Waals surface area contributed by atoms with Gasteiger partial charge in [0.15, 0.2) is 0 Å². The molecule has 1 heterocycles. The molecule has 0 radical (unpaired) electrons. The standard InChI is InChI=1S/C9H5F3N2O3S/c10-9(11,12)18(15,16)7-3-1-6(2-4-7)8-13-5-17-14-8/h1-5H. The highest BCUT2D eigenvalue weighted by atomic mass is 32.2. The molecule has 0 amide bonds. The minimum Gasteiger partial charge on any atom is -0.342 e. The summed E-state index contributed by atoms with van der Waals surface area (Å²) in [4.78, 5) is 2.85. The maximum absolute atomic E-state index is 12.3. The van der Waals surface area contributed by atoms with E-state index in [-0.39, 0.29) is 5.82 Å². The number of halogens is 3. The summed E-state index contributed by atoms with van der Waals surface area (Å²) in [6.07, 6.45) is 1.05. The Balaban J connectivity index is 2.40. The van der Waals surface area contributed by atoms with Crippen molar-refractivity contribution in [2.45, 2.75) is 10.4 Å². The molecule has 0 bridgehead atoms. The molecule has 0 aliphatic rings. The summed E-state index contributed by atoms with van der Waals surface area (Å²) in [5.41, 5.74) is -4.97. The van der Waals surface area contributed by atoms with Crippen molar-refractivity contribution in [2.75, 3.05) is 0 Å². The summed E-state index contributed by atoms with van der Waals surface area (Å²) in [5.74, 6) is 0.158. The molecule has 0 N–H and O–H groups in total. The number of hydrogen-bond donors (Lipinski definition) is 0. The fourth-order valence-corrected chi connectivity index (χ4v) is 1.98. The number of aromatic nitrogens is 2. The van der Waals surface area contributed by atoms with Gasteiger partial charge in [-0.2, -0.15) is 18.2 Å². The van der Waals surface area contributed by atoms with E-state index in [9.17, 15) is 21.6 Å². The smallest absolute Gasteiger partial charge is 0.342 e. The van der Waals surface area contributed by atoms with E-state index in [1.54, 1.807) is 0 Å². The van der Waals surface area contributed by atoms with Crippen LogP contribution in [0.5, 0.6) is 0 Å². The van der Waals surface area contributed by atoms with Crippen LogP contribution in [0.15, 0.2) is 40.1 Å². The minimum absolute atomic E-state index is 0.158. The van der Waals surface area contributed by atoms with Crippen molar-refractivity contribution >= 4 is 9.84 Å². The highest BCUT2D eigenvalue weighted by Crippen LogP contribution is 2.30. The van der Waals surface area contributed by atoms with Crippen molar-refractivity contribution in [1.29, 1.82) is 0 Å². The lowest BCUT2D eigenvalue weighted by Crippen LogP contribution is -2.23. The van der Waals surface area contributed by atoms with E-state index in [4.69, 9.17) is 0 Å². The molecule has 0 atom stereocenters. The van der Waals surface area contributed by atoms with Gasteiger partial charge in [-0.1, -0.05) is 5.16 Å². The molecule has 1 aromatic carbocycles. The van der Waals surface area contributed by atoms with Gasteiger partial charge in [0.05, 0.1) is 4.90 Å². The first-order valence-electron chi connectivity index (χ1n) is 4.50. The van der Waals surface area contributed by atoms with Gasteiger partial charge in [-0.3, -0.25) is 0 Å². The Kier molecular flexibility index (Phi) is 2.85. The summed E-state index contributed by atoms with van der Waals surface area (Å²) in [6, 6.07) is 4.02. The number of sulfone groups is 1. The van der Waals surface area contributed by atoms with E-state index < -0.39 is 20.2 Å². The molecule has 0 saturated carbocycles. The Hall–Kier alpha value is -1.90. The van der Waals surface area contributed by atoms with Crippen molar-refractivity contribution in [3.8, 4) is 11.4 Å². The maximum atomic E-state index is 12.3. The maximum Gasteiger partial charge on any atom is 0.501 e. The molecule has 0 aliphatic heterocycles. The van der Waals surface area contributed by atoms with E-state index in [1.165, 1.54) is 12.1 Å². The lowest BCUT2D eigenvalue weighted by molar-refractivity contribution is -0.0436. The van der Waals surface area contributed by atoms with Gasteiger partial charge in [0, 0.05) is 5.56 Å².